The highest BCUT2D eigenvalue weighted by Gasteiger charge is 2.47. The summed E-state index contributed by atoms with van der Waals surface area (Å²) in [6.45, 7) is 0.175. The van der Waals surface area contributed by atoms with Crippen LogP contribution in [0.25, 0.3) is 22.0 Å². The molecule has 2 aromatic carbocycles. The lowest BCUT2D eigenvalue weighted by atomic mass is 9.97. The fraction of sp³-hybridized carbons (Fsp3) is 0.308. The molecule has 0 unspecified atom stereocenters. The van der Waals surface area contributed by atoms with E-state index in [0.29, 0.717) is 41.2 Å². The molecule has 0 spiro atoms. The molecule has 0 aliphatic carbocycles. The Morgan fingerprint density at radius 2 is 1.78 bits per heavy atom. The van der Waals surface area contributed by atoms with Gasteiger partial charge in [0, 0.05) is 36.4 Å². The molecule has 0 radical (unpaired) electrons. The monoisotopic (exact) mass is 511 g/mol. The van der Waals surface area contributed by atoms with Gasteiger partial charge in [-0.15, -0.1) is 0 Å². The van der Waals surface area contributed by atoms with Crippen molar-refractivity contribution in [1.82, 2.24) is 9.88 Å². The first kappa shape index (κ1) is 25.4. The Morgan fingerprint density at radius 3 is 2.56 bits per heavy atom. The summed E-state index contributed by atoms with van der Waals surface area (Å²) in [5.74, 6) is -2.69. The van der Waals surface area contributed by atoms with E-state index in [2.05, 4.69) is 4.98 Å². The summed E-state index contributed by atoms with van der Waals surface area (Å²) in [6, 6.07) is 13.3. The molecule has 7 nitrogen and oxygen atoms in total. The van der Waals surface area contributed by atoms with Crippen LogP contribution in [0.2, 0.25) is 0 Å². The van der Waals surface area contributed by atoms with Gasteiger partial charge in [0.15, 0.2) is 17.3 Å². The summed E-state index contributed by atoms with van der Waals surface area (Å²) in [5.41, 5.74) is 2.74. The number of rotatable bonds is 5. The third-order valence-electron chi connectivity index (χ3n) is 6.22. The number of nitrogens with zero attached hydrogens (tertiary/aromatic N) is 3. The van der Waals surface area contributed by atoms with Crippen molar-refractivity contribution in [2.24, 2.45) is 0 Å². The zero-order valence-corrected chi connectivity index (χ0v) is 20.2. The number of hydrogen-bond acceptors (Lipinski definition) is 6. The van der Waals surface area contributed by atoms with Crippen LogP contribution in [0.3, 0.4) is 0 Å². The van der Waals surface area contributed by atoms with Crippen molar-refractivity contribution in [2.45, 2.75) is 31.2 Å². The van der Waals surface area contributed by atoms with Crippen LogP contribution in [0, 0.1) is 11.3 Å². The van der Waals surface area contributed by atoms with Gasteiger partial charge in [-0.1, -0.05) is 12.1 Å². The van der Waals surface area contributed by atoms with E-state index in [9.17, 15) is 18.4 Å². The average Bonchev–Trinajstić information content (AvgIpc) is 3.20. The third kappa shape index (κ3) is 4.97. The smallest absolute Gasteiger partial charge is 0.268 e. The first-order valence-electron chi connectivity index (χ1n) is 11.2. The SMILES string of the molecule is N#C[C@@H]1CC(F)(F)CN1C(=O)CCC(=O)c1ccnc2ccc(-c3ccc4c(c3)OCCO4)cc12.S. The van der Waals surface area contributed by atoms with Crippen LogP contribution in [0.4, 0.5) is 8.78 Å². The highest BCUT2D eigenvalue weighted by molar-refractivity contribution is 7.59. The average molecular weight is 512 g/mol. The van der Waals surface area contributed by atoms with Crippen LogP contribution in [0.5, 0.6) is 11.5 Å². The number of likely N-dealkylation sites (tertiary alicyclic amines) is 1. The van der Waals surface area contributed by atoms with Crippen LogP contribution in [-0.4, -0.2) is 53.3 Å². The molecule has 36 heavy (non-hydrogen) atoms. The second kappa shape index (κ2) is 10.1. The molecule has 1 saturated heterocycles. The van der Waals surface area contributed by atoms with Gasteiger partial charge < -0.3 is 14.4 Å². The van der Waals surface area contributed by atoms with Crippen molar-refractivity contribution >= 4 is 36.1 Å². The van der Waals surface area contributed by atoms with Gasteiger partial charge in [-0.05, 0) is 41.5 Å². The lowest BCUT2D eigenvalue weighted by Crippen LogP contribution is -2.36. The van der Waals surface area contributed by atoms with Crippen molar-refractivity contribution < 1.29 is 27.8 Å². The number of ether oxygens (including phenoxy) is 2. The Kier molecular flexibility index (Phi) is 7.13. The number of aromatic nitrogens is 1. The maximum Gasteiger partial charge on any atom is 0.268 e. The third-order valence-corrected chi connectivity index (χ3v) is 6.22. The number of Topliss-reactive ketones (excluding diaryl/α,β-unsaturated/α-hetero) is 1. The first-order chi connectivity index (χ1) is 16.8. The van der Waals surface area contributed by atoms with Crippen molar-refractivity contribution in [3.8, 4) is 28.7 Å². The number of alkyl halides is 2. The van der Waals surface area contributed by atoms with Crippen LogP contribution < -0.4 is 9.47 Å². The molecule has 1 aromatic heterocycles. The number of carbonyl (C=O) groups excluding carboxylic acids is 2. The highest BCUT2D eigenvalue weighted by Crippen LogP contribution is 2.36. The number of benzene rings is 2. The standard InChI is InChI=1S/C26H21F2N3O4.H2S/c27-26(28)13-18(14-29)31(15-26)25(33)6-4-22(32)19-7-8-30-21-3-1-16(11-20(19)21)17-2-5-23-24(12-17)35-10-9-34-23;/h1-3,5,7-8,11-12,18H,4,6,9-10,13,15H2;1H2/t18-;/m0./s1. The maximum atomic E-state index is 13.7. The molecule has 0 bridgehead atoms. The largest absolute Gasteiger partial charge is 0.486 e. The van der Waals surface area contributed by atoms with Crippen molar-refractivity contribution in [3.63, 3.8) is 0 Å². The summed E-state index contributed by atoms with van der Waals surface area (Å²) >= 11 is 0. The molecular formula is C26H23F2N3O4S. The number of ketones is 1. The Bertz CT molecular complexity index is 1380. The van der Waals surface area contributed by atoms with Crippen LogP contribution in [0.15, 0.2) is 48.7 Å². The molecule has 3 aromatic rings. The number of pyridine rings is 1. The number of hydrogen-bond donors (Lipinski definition) is 0. The van der Waals surface area contributed by atoms with Crippen LogP contribution in [-0.2, 0) is 4.79 Å². The van der Waals surface area contributed by atoms with Crippen molar-refractivity contribution in [3.05, 3.63) is 54.2 Å². The Morgan fingerprint density at radius 1 is 1.06 bits per heavy atom. The molecule has 1 atom stereocenters. The Balaban J connectivity index is 0.00000304. The van der Waals surface area contributed by atoms with Crippen molar-refractivity contribution in [2.75, 3.05) is 19.8 Å². The molecular weight excluding hydrogens is 488 g/mol. The van der Waals surface area contributed by atoms with Gasteiger partial charge in [0.2, 0.25) is 5.91 Å². The molecule has 1 fully saturated rings. The number of nitriles is 1. The maximum absolute atomic E-state index is 13.7. The fourth-order valence-electron chi connectivity index (χ4n) is 4.48. The van der Waals surface area contributed by atoms with E-state index in [1.807, 2.05) is 36.4 Å². The van der Waals surface area contributed by atoms with E-state index in [-0.39, 0.29) is 32.1 Å². The van der Waals surface area contributed by atoms with E-state index in [0.717, 1.165) is 16.0 Å². The lowest BCUT2D eigenvalue weighted by Gasteiger charge is -2.19. The van der Waals surface area contributed by atoms with E-state index < -0.39 is 30.8 Å². The topological polar surface area (TPSA) is 92.5 Å². The normalized spacial score (nSPS) is 17.8. The molecule has 0 saturated carbocycles. The minimum Gasteiger partial charge on any atom is -0.486 e. The highest BCUT2D eigenvalue weighted by atomic mass is 32.1. The molecule has 3 heterocycles. The summed E-state index contributed by atoms with van der Waals surface area (Å²) in [6.07, 6.45) is 0.430. The fourth-order valence-corrected chi connectivity index (χ4v) is 4.48. The molecule has 186 valence electrons. The summed E-state index contributed by atoms with van der Waals surface area (Å²) in [7, 11) is 0. The van der Waals surface area contributed by atoms with E-state index >= 15 is 0 Å². The molecule has 2 aliphatic heterocycles. The molecule has 1 amide bonds. The Labute approximate surface area is 213 Å². The zero-order chi connectivity index (χ0) is 24.6. The summed E-state index contributed by atoms with van der Waals surface area (Å²) < 4.78 is 38.6. The van der Waals surface area contributed by atoms with Gasteiger partial charge in [-0.25, -0.2) is 8.78 Å². The van der Waals surface area contributed by atoms with Gasteiger partial charge in [0.05, 0.1) is 18.1 Å². The van der Waals surface area contributed by atoms with Gasteiger partial charge in [0.1, 0.15) is 19.3 Å². The van der Waals surface area contributed by atoms with Gasteiger partial charge in [0.25, 0.3) is 5.92 Å². The van der Waals surface area contributed by atoms with E-state index in [4.69, 9.17) is 14.7 Å². The van der Waals surface area contributed by atoms with Crippen molar-refractivity contribution in [1.29, 1.82) is 5.26 Å². The molecule has 5 rings (SSSR count). The predicted molar refractivity (Wildman–Crippen MR) is 133 cm³/mol. The number of amides is 1. The number of halogens is 2. The van der Waals surface area contributed by atoms with Gasteiger partial charge in [-0.3, -0.25) is 14.6 Å². The zero-order valence-electron chi connectivity index (χ0n) is 19.2. The van der Waals surface area contributed by atoms with E-state index in [1.165, 1.54) is 6.20 Å². The Hall–Kier alpha value is -3.71. The van der Waals surface area contributed by atoms with E-state index in [1.54, 1.807) is 12.1 Å². The lowest BCUT2D eigenvalue weighted by molar-refractivity contribution is -0.132. The quantitative estimate of drug-likeness (QED) is 0.468. The van der Waals surface area contributed by atoms with Gasteiger partial charge >= 0.3 is 0 Å². The predicted octanol–water partition coefficient (Wildman–Crippen LogP) is 4.51. The van der Waals surface area contributed by atoms with Crippen LogP contribution >= 0.6 is 13.5 Å². The van der Waals surface area contributed by atoms with Gasteiger partial charge in [-0.2, -0.15) is 18.8 Å². The molecule has 2 aliphatic rings. The minimum atomic E-state index is -3.09. The minimum absolute atomic E-state index is 0. The summed E-state index contributed by atoms with van der Waals surface area (Å²) in [4.78, 5) is 30.8. The second-order valence-electron chi connectivity index (χ2n) is 8.60. The summed E-state index contributed by atoms with van der Waals surface area (Å²) in [5, 5.41) is 9.74. The first-order valence-corrected chi connectivity index (χ1v) is 11.2. The molecule has 0 N–H and O–H groups in total. The molecule has 10 heteroatoms. The number of fused-ring (bicyclic) bond motifs is 2. The van der Waals surface area contributed by atoms with Crippen LogP contribution in [0.1, 0.15) is 29.6 Å². The second-order valence-corrected chi connectivity index (χ2v) is 8.60. The number of carbonyl (C=O) groups is 2.